The topological polar surface area (TPSA) is 3.24 Å². The number of para-hydroxylation sites is 1. The van der Waals surface area contributed by atoms with Gasteiger partial charge in [0.05, 0.1) is 11.4 Å². The van der Waals surface area contributed by atoms with Gasteiger partial charge in [0.1, 0.15) is 0 Å². The monoisotopic (exact) mass is 639 g/mol. The number of hydrogen-bond acceptors (Lipinski definition) is 1. The van der Waals surface area contributed by atoms with Gasteiger partial charge in [-0.3, -0.25) is 0 Å². The molecular formula is C48H49N. The average Bonchev–Trinajstić information content (AvgIpc) is 3.41. The van der Waals surface area contributed by atoms with Crippen molar-refractivity contribution >= 4 is 17.1 Å². The summed E-state index contributed by atoms with van der Waals surface area (Å²) in [6.45, 7) is 9.87. The smallest absolute Gasteiger partial charge is 0.0543 e. The van der Waals surface area contributed by atoms with Crippen molar-refractivity contribution in [3.05, 3.63) is 138 Å². The van der Waals surface area contributed by atoms with Crippen LogP contribution in [0.5, 0.6) is 0 Å². The van der Waals surface area contributed by atoms with E-state index >= 15 is 0 Å². The minimum atomic E-state index is 0.0716. The number of fused-ring (bicyclic) bond motifs is 4. The zero-order chi connectivity index (χ0) is 33.1. The molecule has 4 fully saturated rings. The predicted octanol–water partition coefficient (Wildman–Crippen LogP) is 12.9. The Hall–Kier alpha value is -4.10. The van der Waals surface area contributed by atoms with Gasteiger partial charge in [-0.2, -0.15) is 0 Å². The molecule has 4 saturated carbocycles. The number of benzene rings is 5. The summed E-state index contributed by atoms with van der Waals surface area (Å²) in [5.74, 6) is 3.28. The molecule has 0 unspecified atom stereocenters. The van der Waals surface area contributed by atoms with E-state index in [0.29, 0.717) is 0 Å². The van der Waals surface area contributed by atoms with Crippen molar-refractivity contribution in [1.82, 2.24) is 0 Å². The van der Waals surface area contributed by atoms with Crippen LogP contribution >= 0.6 is 0 Å². The molecule has 0 radical (unpaired) electrons. The maximum atomic E-state index is 2.67. The number of nitrogens with zero attached hydrogens (tertiary/aromatic N) is 1. The van der Waals surface area contributed by atoms with Crippen LogP contribution in [0.15, 0.2) is 115 Å². The lowest BCUT2D eigenvalue weighted by molar-refractivity contribution is -0.0399. The fraction of sp³-hybridized carbons (Fsp3) is 0.375. The Morgan fingerprint density at radius 3 is 1.71 bits per heavy atom. The van der Waals surface area contributed by atoms with Gasteiger partial charge in [0, 0.05) is 16.7 Å². The molecule has 0 N–H and O–H groups in total. The van der Waals surface area contributed by atoms with Crippen LogP contribution in [0.3, 0.4) is 0 Å². The number of rotatable bonds is 4. The number of hydrogen-bond donors (Lipinski definition) is 0. The molecule has 6 aliphatic carbocycles. The second kappa shape index (κ2) is 10.5. The fourth-order valence-electron chi connectivity index (χ4n) is 12.2. The highest BCUT2D eigenvalue weighted by molar-refractivity contribution is 6.01. The molecule has 0 aromatic heterocycles. The molecule has 0 heterocycles. The first-order chi connectivity index (χ1) is 23.8. The van der Waals surface area contributed by atoms with Gasteiger partial charge in [-0.1, -0.05) is 119 Å². The van der Waals surface area contributed by atoms with Crippen LogP contribution in [0.25, 0.3) is 22.3 Å². The first kappa shape index (κ1) is 29.8. The first-order valence-corrected chi connectivity index (χ1v) is 19.1. The molecule has 0 amide bonds. The average molecular weight is 640 g/mol. The lowest BCUT2D eigenvalue weighted by Crippen LogP contribution is -2.55. The minimum Gasteiger partial charge on any atom is -0.310 e. The zero-order valence-corrected chi connectivity index (χ0v) is 29.7. The highest BCUT2D eigenvalue weighted by Crippen LogP contribution is 2.71. The lowest BCUT2D eigenvalue weighted by atomic mass is 9.43. The molecule has 0 atom stereocenters. The van der Waals surface area contributed by atoms with Gasteiger partial charge in [-0.15, -0.1) is 0 Å². The first-order valence-electron chi connectivity index (χ1n) is 19.1. The van der Waals surface area contributed by atoms with E-state index in [1.54, 1.807) is 11.1 Å². The highest BCUT2D eigenvalue weighted by Gasteiger charge is 2.62. The molecule has 0 saturated heterocycles. The normalized spacial score (nSPS) is 27.8. The minimum absolute atomic E-state index is 0.0716. The predicted molar refractivity (Wildman–Crippen MR) is 205 cm³/mol. The van der Waals surface area contributed by atoms with Gasteiger partial charge in [0.15, 0.2) is 0 Å². The summed E-state index contributed by atoms with van der Waals surface area (Å²) in [4.78, 5) is 2.67. The van der Waals surface area contributed by atoms with Crippen molar-refractivity contribution in [2.45, 2.75) is 88.9 Å². The second-order valence-corrected chi connectivity index (χ2v) is 17.6. The third-order valence-corrected chi connectivity index (χ3v) is 14.1. The van der Waals surface area contributed by atoms with E-state index in [1.807, 2.05) is 0 Å². The van der Waals surface area contributed by atoms with E-state index in [-0.39, 0.29) is 16.2 Å². The molecule has 5 aromatic rings. The highest BCUT2D eigenvalue weighted by atomic mass is 15.1. The molecule has 6 aliphatic rings. The Balaban J connectivity index is 1.31. The molecule has 11 rings (SSSR count). The summed E-state index contributed by atoms with van der Waals surface area (Å²) >= 11 is 0. The Morgan fingerprint density at radius 2 is 1.04 bits per heavy atom. The third kappa shape index (κ3) is 4.11. The molecule has 5 aromatic carbocycles. The van der Waals surface area contributed by atoms with Crippen molar-refractivity contribution in [3.63, 3.8) is 0 Å². The molecule has 49 heavy (non-hydrogen) atoms. The molecular weight excluding hydrogens is 591 g/mol. The Morgan fingerprint density at radius 1 is 0.490 bits per heavy atom. The van der Waals surface area contributed by atoms with Gasteiger partial charge in [0.2, 0.25) is 0 Å². The van der Waals surface area contributed by atoms with Crippen molar-refractivity contribution in [3.8, 4) is 22.3 Å². The lowest BCUT2D eigenvalue weighted by Gasteiger charge is -2.61. The van der Waals surface area contributed by atoms with Crippen LogP contribution in [0, 0.1) is 23.7 Å². The molecule has 4 bridgehead atoms. The summed E-state index contributed by atoms with van der Waals surface area (Å²) < 4.78 is 0. The standard InChI is InChI=1S/C48H49N/c1-46(2)24-25-47(3,4)45-40(46)21-13-23-42(45)49(36-16-9-6-10-17-36)41-22-12-20-39-44(41)43-37(33-14-7-5-8-15-33)18-11-19-38(43)48(39)34-27-31-26-32(29-34)30-35(48)28-31/h5-23,31-32,34-35H,24-30H2,1-4H3. The van der Waals surface area contributed by atoms with E-state index in [4.69, 9.17) is 0 Å². The Labute approximate surface area is 293 Å². The van der Waals surface area contributed by atoms with E-state index in [0.717, 1.165) is 23.7 Å². The molecule has 1 nitrogen and oxygen atoms in total. The Bertz CT molecular complexity index is 2060. The van der Waals surface area contributed by atoms with Crippen LogP contribution in [0.1, 0.15) is 94.9 Å². The van der Waals surface area contributed by atoms with Gasteiger partial charge in [-0.25, -0.2) is 0 Å². The van der Waals surface area contributed by atoms with E-state index in [1.165, 1.54) is 95.4 Å². The van der Waals surface area contributed by atoms with Crippen LogP contribution in [-0.2, 0) is 16.2 Å². The van der Waals surface area contributed by atoms with Gasteiger partial charge < -0.3 is 4.90 Å². The summed E-state index contributed by atoms with van der Waals surface area (Å²) in [6.07, 6.45) is 9.44. The van der Waals surface area contributed by atoms with E-state index in [2.05, 4.69) is 148 Å². The van der Waals surface area contributed by atoms with Crippen molar-refractivity contribution in [1.29, 1.82) is 0 Å². The quantitative estimate of drug-likeness (QED) is 0.189. The third-order valence-electron chi connectivity index (χ3n) is 14.1. The maximum absolute atomic E-state index is 2.67. The van der Waals surface area contributed by atoms with Crippen LogP contribution in [0.4, 0.5) is 17.1 Å². The summed E-state index contributed by atoms with van der Waals surface area (Å²) in [6, 6.07) is 44.4. The zero-order valence-electron chi connectivity index (χ0n) is 29.7. The molecule has 0 aliphatic heterocycles. The van der Waals surface area contributed by atoms with Crippen LogP contribution in [-0.4, -0.2) is 0 Å². The van der Waals surface area contributed by atoms with Crippen LogP contribution in [0.2, 0.25) is 0 Å². The van der Waals surface area contributed by atoms with E-state index in [9.17, 15) is 0 Å². The van der Waals surface area contributed by atoms with Crippen molar-refractivity contribution in [2.75, 3.05) is 4.90 Å². The fourth-order valence-corrected chi connectivity index (χ4v) is 12.2. The Kier molecular flexibility index (Phi) is 6.36. The summed E-state index contributed by atoms with van der Waals surface area (Å²) in [5, 5.41) is 0. The van der Waals surface area contributed by atoms with Crippen molar-refractivity contribution in [2.24, 2.45) is 23.7 Å². The van der Waals surface area contributed by atoms with Gasteiger partial charge in [0.25, 0.3) is 0 Å². The largest absolute Gasteiger partial charge is 0.310 e. The summed E-state index contributed by atoms with van der Waals surface area (Å²) in [7, 11) is 0. The maximum Gasteiger partial charge on any atom is 0.0543 e. The van der Waals surface area contributed by atoms with E-state index < -0.39 is 0 Å². The molecule has 1 heteroatoms. The number of anilines is 3. The molecule has 1 spiro atoms. The molecule has 246 valence electrons. The van der Waals surface area contributed by atoms with Gasteiger partial charge in [-0.05, 0) is 143 Å². The van der Waals surface area contributed by atoms with Gasteiger partial charge >= 0.3 is 0 Å². The van der Waals surface area contributed by atoms with Crippen molar-refractivity contribution < 1.29 is 0 Å². The van der Waals surface area contributed by atoms with Crippen LogP contribution < -0.4 is 4.90 Å². The second-order valence-electron chi connectivity index (χ2n) is 17.6. The summed E-state index contributed by atoms with van der Waals surface area (Å²) in [5.41, 5.74) is 16.2. The SMILES string of the molecule is CC1(C)CCC(C)(C)c2c(N(c3ccccc3)c3cccc4c3-c3c(-c5ccccc5)cccc3C43C4CC5CC(C4)CC3C5)cccc21.